The van der Waals surface area contributed by atoms with E-state index in [2.05, 4.69) is 20.2 Å². The number of hydrogen-bond donors (Lipinski definition) is 1. The number of rotatable bonds is 5. The first kappa shape index (κ1) is 17.6. The van der Waals surface area contributed by atoms with Gasteiger partial charge in [-0.25, -0.2) is 18.4 Å². The van der Waals surface area contributed by atoms with Gasteiger partial charge in [-0.1, -0.05) is 0 Å². The number of aromatic nitrogens is 4. The van der Waals surface area contributed by atoms with Crippen LogP contribution in [0.3, 0.4) is 0 Å². The minimum atomic E-state index is -3.63. The van der Waals surface area contributed by atoms with Crippen LogP contribution in [0.1, 0.15) is 24.2 Å². The van der Waals surface area contributed by atoms with Crippen molar-refractivity contribution in [2.45, 2.75) is 37.7 Å². The van der Waals surface area contributed by atoms with E-state index in [1.54, 1.807) is 13.8 Å². The molecule has 1 fully saturated rings. The largest absolute Gasteiger partial charge is 0.477 e. The smallest absolute Gasteiger partial charge is 0.278 e. The fourth-order valence-electron chi connectivity index (χ4n) is 2.96. The van der Waals surface area contributed by atoms with Gasteiger partial charge in [0.25, 0.3) is 11.8 Å². The van der Waals surface area contributed by atoms with E-state index in [4.69, 9.17) is 9.47 Å². The highest BCUT2D eigenvalue weighted by molar-refractivity contribution is 7.89. The van der Waals surface area contributed by atoms with E-state index in [0.717, 1.165) is 6.42 Å². The Bertz CT molecular complexity index is 832. The van der Waals surface area contributed by atoms with Crippen LogP contribution in [0, 0.1) is 13.8 Å². The van der Waals surface area contributed by atoms with Crippen LogP contribution in [0.4, 0.5) is 0 Å². The molecule has 3 heterocycles. The van der Waals surface area contributed by atoms with Gasteiger partial charge in [0.15, 0.2) is 0 Å². The molecule has 9 nitrogen and oxygen atoms in total. The van der Waals surface area contributed by atoms with Crippen LogP contribution in [-0.2, 0) is 10.0 Å². The van der Waals surface area contributed by atoms with Gasteiger partial charge >= 0.3 is 0 Å². The van der Waals surface area contributed by atoms with Gasteiger partial charge in [-0.3, -0.25) is 5.10 Å². The van der Waals surface area contributed by atoms with Gasteiger partial charge in [-0.05, 0) is 26.7 Å². The van der Waals surface area contributed by atoms with Crippen molar-refractivity contribution in [3.63, 3.8) is 0 Å². The van der Waals surface area contributed by atoms with E-state index in [-0.39, 0.29) is 29.3 Å². The summed E-state index contributed by atoms with van der Waals surface area (Å²) in [7, 11) is -2.14. The van der Waals surface area contributed by atoms with Crippen molar-refractivity contribution in [3.05, 3.63) is 23.8 Å². The molecule has 1 N–H and O–H groups in total. The molecule has 2 aromatic rings. The Morgan fingerprint density at radius 2 is 1.96 bits per heavy atom. The highest BCUT2D eigenvalue weighted by Gasteiger charge is 2.34. The summed E-state index contributed by atoms with van der Waals surface area (Å²) in [6, 6.07) is 0. The molecule has 3 rings (SSSR count). The first-order chi connectivity index (χ1) is 11.9. The van der Waals surface area contributed by atoms with Gasteiger partial charge in [0.2, 0.25) is 10.0 Å². The predicted molar refractivity (Wildman–Crippen MR) is 89.1 cm³/mol. The van der Waals surface area contributed by atoms with Crippen LogP contribution in [-0.4, -0.2) is 59.2 Å². The standard InChI is InChI=1S/C15H21N5O4S/c1-10-13(11(2)19-18-10)25(21,22)20-8-4-5-12(9-20)24-15-14(23-3)16-6-7-17-15/h6-7,12H,4-5,8-9H2,1-3H3,(H,18,19). The summed E-state index contributed by atoms with van der Waals surface area (Å²) in [5.41, 5.74) is 1.01. The summed E-state index contributed by atoms with van der Waals surface area (Å²) in [5.74, 6) is 0.550. The Hall–Kier alpha value is -2.20. The second-order valence-corrected chi connectivity index (χ2v) is 7.75. The lowest BCUT2D eigenvalue weighted by Gasteiger charge is -2.31. The number of nitrogens with zero attached hydrogens (tertiary/aromatic N) is 4. The molecule has 1 saturated heterocycles. The van der Waals surface area contributed by atoms with E-state index in [1.165, 1.54) is 23.8 Å². The summed E-state index contributed by atoms with van der Waals surface area (Å²) in [5, 5.41) is 6.72. The minimum Gasteiger partial charge on any atom is -0.477 e. The molecule has 0 radical (unpaired) electrons. The van der Waals surface area contributed by atoms with Crippen LogP contribution in [0.25, 0.3) is 0 Å². The molecule has 0 saturated carbocycles. The van der Waals surface area contributed by atoms with Crippen LogP contribution >= 0.6 is 0 Å². The molecule has 0 bridgehead atoms. The van der Waals surface area contributed by atoms with Crippen molar-refractivity contribution < 1.29 is 17.9 Å². The quantitative estimate of drug-likeness (QED) is 0.841. The number of methoxy groups -OCH3 is 1. The lowest BCUT2D eigenvalue weighted by Crippen LogP contribution is -2.44. The third-order valence-electron chi connectivity index (χ3n) is 4.10. The SMILES string of the molecule is COc1nccnc1OC1CCCN(S(=O)(=O)c2c(C)n[nH]c2C)C1. The summed E-state index contributed by atoms with van der Waals surface area (Å²) in [4.78, 5) is 8.40. The molecule has 0 aliphatic carbocycles. The number of nitrogens with one attached hydrogen (secondary N) is 1. The molecule has 1 atom stereocenters. The minimum absolute atomic E-state index is 0.241. The first-order valence-corrected chi connectivity index (χ1v) is 9.41. The Balaban J connectivity index is 1.79. The van der Waals surface area contributed by atoms with E-state index in [1.807, 2.05) is 0 Å². The fourth-order valence-corrected chi connectivity index (χ4v) is 4.80. The van der Waals surface area contributed by atoms with Crippen molar-refractivity contribution in [1.82, 2.24) is 24.5 Å². The molecular formula is C15H21N5O4S. The van der Waals surface area contributed by atoms with Crippen molar-refractivity contribution in [3.8, 4) is 11.8 Å². The normalized spacial score (nSPS) is 18.9. The Labute approximate surface area is 146 Å². The van der Waals surface area contributed by atoms with Crippen molar-refractivity contribution in [2.24, 2.45) is 0 Å². The van der Waals surface area contributed by atoms with Crippen LogP contribution in [0.5, 0.6) is 11.8 Å². The lowest BCUT2D eigenvalue weighted by atomic mass is 10.1. The Kier molecular flexibility index (Phi) is 4.91. The molecule has 0 spiro atoms. The summed E-state index contributed by atoms with van der Waals surface area (Å²) >= 11 is 0. The Morgan fingerprint density at radius 1 is 1.24 bits per heavy atom. The summed E-state index contributed by atoms with van der Waals surface area (Å²) < 4.78 is 38.4. The maximum Gasteiger partial charge on any atom is 0.278 e. The average Bonchev–Trinajstić information content (AvgIpc) is 2.95. The monoisotopic (exact) mass is 367 g/mol. The average molecular weight is 367 g/mol. The van der Waals surface area contributed by atoms with Gasteiger partial charge in [0, 0.05) is 18.9 Å². The van der Waals surface area contributed by atoms with Crippen LogP contribution < -0.4 is 9.47 Å². The van der Waals surface area contributed by atoms with Crippen LogP contribution in [0.15, 0.2) is 17.3 Å². The second-order valence-electron chi connectivity index (χ2n) is 5.88. The number of ether oxygens (including phenoxy) is 2. The fraction of sp³-hybridized carbons (Fsp3) is 0.533. The van der Waals surface area contributed by atoms with Gasteiger partial charge in [0.05, 0.1) is 25.0 Å². The van der Waals surface area contributed by atoms with E-state index in [0.29, 0.717) is 24.4 Å². The van der Waals surface area contributed by atoms with Gasteiger partial charge < -0.3 is 9.47 Å². The molecular weight excluding hydrogens is 346 g/mol. The summed E-state index contributed by atoms with van der Waals surface area (Å²) in [6.07, 6.45) is 4.13. The third kappa shape index (κ3) is 3.45. The van der Waals surface area contributed by atoms with Crippen molar-refractivity contribution in [2.75, 3.05) is 20.2 Å². The van der Waals surface area contributed by atoms with Gasteiger partial charge in [-0.15, -0.1) is 0 Å². The molecule has 1 aliphatic rings. The maximum atomic E-state index is 13.0. The zero-order valence-corrected chi connectivity index (χ0v) is 15.2. The van der Waals surface area contributed by atoms with Gasteiger partial charge in [-0.2, -0.15) is 9.40 Å². The lowest BCUT2D eigenvalue weighted by molar-refractivity contribution is 0.119. The molecule has 0 aromatic carbocycles. The number of hydrogen-bond acceptors (Lipinski definition) is 7. The predicted octanol–water partition coefficient (Wildman–Crippen LogP) is 1.06. The zero-order valence-electron chi connectivity index (χ0n) is 14.4. The van der Waals surface area contributed by atoms with Crippen LogP contribution in [0.2, 0.25) is 0 Å². The number of aromatic amines is 1. The number of sulfonamides is 1. The highest BCUT2D eigenvalue weighted by Crippen LogP contribution is 2.28. The zero-order chi connectivity index (χ0) is 18.0. The molecule has 25 heavy (non-hydrogen) atoms. The number of aryl methyl sites for hydroxylation is 2. The molecule has 1 unspecified atom stereocenters. The van der Waals surface area contributed by atoms with Gasteiger partial charge in [0.1, 0.15) is 11.0 Å². The third-order valence-corrected chi connectivity index (χ3v) is 6.23. The van der Waals surface area contributed by atoms with E-state index >= 15 is 0 Å². The topological polar surface area (TPSA) is 110 Å². The molecule has 2 aromatic heterocycles. The number of piperidine rings is 1. The number of H-pyrrole nitrogens is 1. The molecule has 1 aliphatic heterocycles. The second kappa shape index (κ2) is 6.96. The van der Waals surface area contributed by atoms with E-state index in [9.17, 15) is 8.42 Å². The van der Waals surface area contributed by atoms with Crippen molar-refractivity contribution >= 4 is 10.0 Å². The Morgan fingerprint density at radius 3 is 2.60 bits per heavy atom. The highest BCUT2D eigenvalue weighted by atomic mass is 32.2. The van der Waals surface area contributed by atoms with Crippen molar-refractivity contribution in [1.29, 1.82) is 0 Å². The first-order valence-electron chi connectivity index (χ1n) is 7.97. The summed E-state index contributed by atoms with van der Waals surface area (Å²) in [6.45, 7) is 4.07. The van der Waals surface area contributed by atoms with E-state index < -0.39 is 10.0 Å². The molecule has 136 valence electrons. The molecule has 10 heteroatoms. The maximum absolute atomic E-state index is 13.0. The molecule has 0 amide bonds.